The molecular weight excluding hydrogens is 368 g/mol. The Morgan fingerprint density at radius 2 is 1.00 bits per heavy atom. The molecule has 6 rings (SSSR count). The second-order valence-corrected chi connectivity index (χ2v) is 8.74. The van der Waals surface area contributed by atoms with Gasteiger partial charge in [0.15, 0.2) is 11.6 Å². The first kappa shape index (κ1) is 17.3. The third kappa shape index (κ3) is 2.08. The molecule has 0 fully saturated rings. The lowest BCUT2D eigenvalue weighted by atomic mass is 9.75. The van der Waals surface area contributed by atoms with Gasteiger partial charge in [-0.3, -0.25) is 9.59 Å². The van der Waals surface area contributed by atoms with Crippen molar-refractivity contribution in [2.24, 2.45) is 0 Å². The molecule has 0 spiro atoms. The van der Waals surface area contributed by atoms with Crippen LogP contribution in [0.3, 0.4) is 0 Å². The average molecular weight is 388 g/mol. The standard InChI is InChI=1S/C28H20O2/c1-14(2)16-5-7-18-20-9-8-19-17-6-4-15(3)12-23(17)27(29)21-10-11-22(26(20)25(19)21)28(30)24(18)13-16/h4-14H,1-3H3. The Hall–Kier alpha value is -3.52. The van der Waals surface area contributed by atoms with Gasteiger partial charge >= 0.3 is 0 Å². The summed E-state index contributed by atoms with van der Waals surface area (Å²) >= 11 is 0. The molecule has 0 atom stereocenters. The topological polar surface area (TPSA) is 34.1 Å². The molecule has 4 aromatic carbocycles. The minimum absolute atomic E-state index is 0.0401. The van der Waals surface area contributed by atoms with E-state index >= 15 is 0 Å². The molecule has 0 bridgehead atoms. The zero-order chi connectivity index (χ0) is 20.7. The number of hydrogen-bond acceptors (Lipinski definition) is 2. The fourth-order valence-electron chi connectivity index (χ4n) is 5.04. The molecule has 2 aliphatic rings. The summed E-state index contributed by atoms with van der Waals surface area (Å²) < 4.78 is 0. The van der Waals surface area contributed by atoms with Crippen LogP contribution in [0.15, 0.2) is 60.7 Å². The monoisotopic (exact) mass is 388 g/mol. The fourth-order valence-corrected chi connectivity index (χ4v) is 5.04. The Bertz CT molecular complexity index is 1450. The van der Waals surface area contributed by atoms with Crippen LogP contribution in [0.25, 0.3) is 33.0 Å². The first-order valence-corrected chi connectivity index (χ1v) is 10.4. The molecule has 2 heteroatoms. The van der Waals surface area contributed by atoms with Crippen LogP contribution in [0.4, 0.5) is 0 Å². The largest absolute Gasteiger partial charge is 0.289 e. The van der Waals surface area contributed by atoms with Crippen molar-refractivity contribution in [2.45, 2.75) is 26.7 Å². The SMILES string of the molecule is Cc1ccc2c(c1)C(=O)c1ccc3c4c(ccc-2c14)-c1ccc(C(C)C)cc1C3=O. The van der Waals surface area contributed by atoms with Crippen molar-refractivity contribution in [3.63, 3.8) is 0 Å². The van der Waals surface area contributed by atoms with Gasteiger partial charge in [0, 0.05) is 33.0 Å². The molecule has 144 valence electrons. The third-order valence-corrected chi connectivity index (χ3v) is 6.60. The van der Waals surface area contributed by atoms with Crippen LogP contribution in [0.5, 0.6) is 0 Å². The van der Waals surface area contributed by atoms with E-state index in [4.69, 9.17) is 0 Å². The number of carbonyl (C=O) groups is 2. The van der Waals surface area contributed by atoms with E-state index in [0.717, 1.165) is 55.3 Å². The van der Waals surface area contributed by atoms with Crippen molar-refractivity contribution in [2.75, 3.05) is 0 Å². The summed E-state index contributed by atoms with van der Waals surface area (Å²) in [4.78, 5) is 26.8. The maximum atomic E-state index is 13.5. The molecule has 0 saturated heterocycles. The quantitative estimate of drug-likeness (QED) is 0.314. The zero-order valence-corrected chi connectivity index (χ0v) is 17.2. The minimum Gasteiger partial charge on any atom is -0.289 e. The summed E-state index contributed by atoms with van der Waals surface area (Å²) in [6, 6.07) is 20.2. The van der Waals surface area contributed by atoms with Gasteiger partial charge in [-0.2, -0.15) is 0 Å². The normalized spacial score (nSPS) is 13.6. The van der Waals surface area contributed by atoms with Gasteiger partial charge in [0.2, 0.25) is 0 Å². The fraction of sp³-hybridized carbons (Fsp3) is 0.143. The van der Waals surface area contributed by atoms with E-state index in [2.05, 4.69) is 38.1 Å². The van der Waals surface area contributed by atoms with Crippen molar-refractivity contribution < 1.29 is 9.59 Å². The lowest BCUT2D eigenvalue weighted by Crippen LogP contribution is -2.16. The first-order valence-electron chi connectivity index (χ1n) is 10.4. The van der Waals surface area contributed by atoms with E-state index in [1.165, 1.54) is 0 Å². The van der Waals surface area contributed by atoms with E-state index in [1.54, 1.807) is 0 Å². The van der Waals surface area contributed by atoms with Gasteiger partial charge in [-0.15, -0.1) is 0 Å². The molecule has 0 aromatic heterocycles. The number of rotatable bonds is 1. The second kappa shape index (κ2) is 5.76. The predicted octanol–water partition coefficient (Wildman–Crippen LogP) is 6.69. The molecule has 0 amide bonds. The number of carbonyl (C=O) groups excluding carboxylic acids is 2. The highest BCUT2D eigenvalue weighted by atomic mass is 16.1. The Kier molecular flexibility index (Phi) is 3.33. The molecule has 0 unspecified atom stereocenters. The lowest BCUT2D eigenvalue weighted by molar-refractivity contribution is 0.102. The smallest absolute Gasteiger partial charge is 0.194 e. The molecular formula is C28H20O2. The molecule has 0 aliphatic heterocycles. The summed E-state index contributed by atoms with van der Waals surface area (Å²) in [6.07, 6.45) is 0. The lowest BCUT2D eigenvalue weighted by Gasteiger charge is -2.26. The summed E-state index contributed by atoms with van der Waals surface area (Å²) in [5.41, 5.74) is 9.12. The van der Waals surface area contributed by atoms with Gasteiger partial charge in [-0.25, -0.2) is 0 Å². The molecule has 0 heterocycles. The maximum absolute atomic E-state index is 13.5. The van der Waals surface area contributed by atoms with Crippen molar-refractivity contribution in [3.8, 4) is 22.3 Å². The van der Waals surface area contributed by atoms with Gasteiger partial charge in [0.05, 0.1) is 0 Å². The van der Waals surface area contributed by atoms with E-state index in [0.29, 0.717) is 17.0 Å². The van der Waals surface area contributed by atoms with Crippen molar-refractivity contribution >= 4 is 22.3 Å². The highest BCUT2D eigenvalue weighted by Gasteiger charge is 2.32. The predicted molar refractivity (Wildman–Crippen MR) is 121 cm³/mol. The van der Waals surface area contributed by atoms with Crippen LogP contribution < -0.4 is 0 Å². The number of benzene rings is 4. The van der Waals surface area contributed by atoms with Crippen LogP contribution in [-0.2, 0) is 0 Å². The first-order chi connectivity index (χ1) is 14.5. The van der Waals surface area contributed by atoms with E-state index in [-0.39, 0.29) is 11.6 Å². The average Bonchev–Trinajstić information content (AvgIpc) is 2.75. The second-order valence-electron chi connectivity index (χ2n) is 8.74. The molecule has 30 heavy (non-hydrogen) atoms. The van der Waals surface area contributed by atoms with Gasteiger partial charge in [-0.1, -0.05) is 55.8 Å². The summed E-state index contributed by atoms with van der Waals surface area (Å²) in [5.74, 6) is 0.446. The van der Waals surface area contributed by atoms with E-state index < -0.39 is 0 Å². The molecule has 0 radical (unpaired) electrons. The zero-order valence-electron chi connectivity index (χ0n) is 17.2. The molecule has 2 nitrogen and oxygen atoms in total. The third-order valence-electron chi connectivity index (χ3n) is 6.60. The summed E-state index contributed by atoms with van der Waals surface area (Å²) in [6.45, 7) is 6.28. The van der Waals surface area contributed by atoms with Gasteiger partial charge < -0.3 is 0 Å². The Balaban J connectivity index is 1.74. The number of aryl methyl sites for hydroxylation is 1. The van der Waals surface area contributed by atoms with Gasteiger partial charge in [0.1, 0.15) is 0 Å². The molecule has 2 aliphatic carbocycles. The molecule has 4 aromatic rings. The van der Waals surface area contributed by atoms with Crippen LogP contribution in [0.1, 0.15) is 62.7 Å². The Morgan fingerprint density at radius 1 is 0.533 bits per heavy atom. The van der Waals surface area contributed by atoms with Gasteiger partial charge in [-0.05, 0) is 64.9 Å². The van der Waals surface area contributed by atoms with Crippen LogP contribution in [-0.4, -0.2) is 11.6 Å². The number of hydrogen-bond donors (Lipinski definition) is 0. The highest BCUT2D eigenvalue weighted by molar-refractivity contribution is 6.33. The van der Waals surface area contributed by atoms with Crippen molar-refractivity contribution in [1.82, 2.24) is 0 Å². The van der Waals surface area contributed by atoms with Crippen LogP contribution >= 0.6 is 0 Å². The van der Waals surface area contributed by atoms with E-state index in [9.17, 15) is 9.59 Å². The van der Waals surface area contributed by atoms with Crippen LogP contribution in [0, 0.1) is 6.92 Å². The highest BCUT2D eigenvalue weighted by Crippen LogP contribution is 2.47. The van der Waals surface area contributed by atoms with E-state index in [1.807, 2.05) is 43.3 Å². The maximum Gasteiger partial charge on any atom is 0.194 e. The number of ketones is 2. The molecule has 0 saturated carbocycles. The minimum atomic E-state index is 0.0401. The molecule has 0 N–H and O–H groups in total. The van der Waals surface area contributed by atoms with Crippen molar-refractivity contribution in [1.29, 1.82) is 0 Å². The van der Waals surface area contributed by atoms with Crippen LogP contribution in [0.2, 0.25) is 0 Å². The van der Waals surface area contributed by atoms with Gasteiger partial charge in [0.25, 0.3) is 0 Å². The summed E-state index contributed by atoms with van der Waals surface area (Å²) in [7, 11) is 0. The number of fused-ring (bicyclic) bond motifs is 4. The van der Waals surface area contributed by atoms with Crippen molar-refractivity contribution in [3.05, 3.63) is 94.0 Å². The Morgan fingerprint density at radius 3 is 1.57 bits per heavy atom. The Labute approximate surface area is 175 Å². The summed E-state index contributed by atoms with van der Waals surface area (Å²) in [5, 5.41) is 1.83.